The lowest BCUT2D eigenvalue weighted by atomic mass is 10.1. The second kappa shape index (κ2) is 5.23. The third-order valence-electron chi connectivity index (χ3n) is 2.25. The predicted octanol–water partition coefficient (Wildman–Crippen LogP) is 2.27. The average molecular weight is 277 g/mol. The van der Waals surface area contributed by atoms with E-state index < -0.39 is 6.10 Å². The van der Waals surface area contributed by atoms with E-state index in [4.69, 9.17) is 9.90 Å². The number of carbonyl (C=O) groups is 1. The van der Waals surface area contributed by atoms with Crippen molar-refractivity contribution in [3.63, 3.8) is 0 Å². The van der Waals surface area contributed by atoms with Crippen LogP contribution in [0.15, 0.2) is 16.6 Å². The molecule has 1 aromatic rings. The zero-order chi connectivity index (χ0) is 11.4. The van der Waals surface area contributed by atoms with E-state index in [2.05, 4.69) is 15.9 Å². The maximum Gasteiger partial charge on any atom is 0.290 e. The lowest BCUT2D eigenvalue weighted by Gasteiger charge is -2.05. The molecule has 0 saturated heterocycles. The summed E-state index contributed by atoms with van der Waals surface area (Å²) >= 11 is 3.33. The molecule has 0 aromatic heterocycles. The highest BCUT2D eigenvalue weighted by molar-refractivity contribution is 9.10. The van der Waals surface area contributed by atoms with Gasteiger partial charge in [0.2, 0.25) is 0 Å². The van der Waals surface area contributed by atoms with Crippen molar-refractivity contribution in [1.29, 1.82) is 0 Å². The van der Waals surface area contributed by atoms with Gasteiger partial charge in [-0.1, -0.05) is 15.9 Å². The minimum absolute atomic E-state index is 0.250. The first-order valence-corrected chi connectivity index (χ1v) is 5.13. The Morgan fingerprint density at radius 1 is 1.53 bits per heavy atom. The van der Waals surface area contributed by atoms with Crippen molar-refractivity contribution in [2.24, 2.45) is 0 Å². The first-order chi connectivity index (χ1) is 7.11. The van der Waals surface area contributed by atoms with Crippen LogP contribution in [0.25, 0.3) is 0 Å². The molecule has 5 heteroatoms. The molecule has 3 nitrogen and oxygen atoms in total. The van der Waals surface area contributed by atoms with Crippen molar-refractivity contribution in [3.05, 3.63) is 33.5 Å². The highest BCUT2D eigenvalue weighted by Crippen LogP contribution is 2.37. The number of halogens is 2. The van der Waals surface area contributed by atoms with E-state index >= 15 is 0 Å². The third kappa shape index (κ3) is 2.54. The molecule has 0 saturated carbocycles. The lowest BCUT2D eigenvalue weighted by Crippen LogP contribution is -1.95. The SMILES string of the molecule is O=CO.O[C@H]1CCc2c(Br)ccc(F)c21. The van der Waals surface area contributed by atoms with Crippen molar-refractivity contribution >= 4 is 22.4 Å². The minimum Gasteiger partial charge on any atom is -0.483 e. The van der Waals surface area contributed by atoms with Crippen LogP contribution < -0.4 is 0 Å². The fourth-order valence-corrected chi connectivity index (χ4v) is 2.19. The van der Waals surface area contributed by atoms with Crippen molar-refractivity contribution in [2.75, 3.05) is 0 Å². The second-order valence-corrected chi connectivity index (χ2v) is 3.94. The summed E-state index contributed by atoms with van der Waals surface area (Å²) in [6.45, 7) is -0.250. The van der Waals surface area contributed by atoms with Gasteiger partial charge in [-0.3, -0.25) is 4.79 Å². The molecule has 0 fully saturated rings. The molecule has 1 aliphatic carbocycles. The van der Waals surface area contributed by atoms with Gasteiger partial charge in [-0.25, -0.2) is 4.39 Å². The molecule has 0 spiro atoms. The molecule has 1 aromatic carbocycles. The van der Waals surface area contributed by atoms with Gasteiger partial charge in [0, 0.05) is 10.0 Å². The Hall–Kier alpha value is -0.940. The average Bonchev–Trinajstić information content (AvgIpc) is 2.57. The Balaban J connectivity index is 0.000000337. The minimum atomic E-state index is -0.613. The first-order valence-electron chi connectivity index (χ1n) is 4.34. The number of aliphatic hydroxyl groups is 1. The van der Waals surface area contributed by atoms with E-state index in [9.17, 15) is 9.50 Å². The maximum absolute atomic E-state index is 13.1. The van der Waals surface area contributed by atoms with E-state index in [-0.39, 0.29) is 12.3 Å². The van der Waals surface area contributed by atoms with Crippen LogP contribution in [0.3, 0.4) is 0 Å². The molecule has 0 radical (unpaired) electrons. The Bertz CT molecular complexity index is 368. The van der Waals surface area contributed by atoms with E-state index in [1.807, 2.05) is 0 Å². The van der Waals surface area contributed by atoms with Gasteiger partial charge in [-0.05, 0) is 30.5 Å². The van der Waals surface area contributed by atoms with Gasteiger partial charge in [-0.15, -0.1) is 0 Å². The number of carboxylic acid groups (broad SMARTS) is 1. The van der Waals surface area contributed by atoms with Crippen LogP contribution >= 0.6 is 15.9 Å². The topological polar surface area (TPSA) is 57.5 Å². The highest BCUT2D eigenvalue weighted by Gasteiger charge is 2.25. The van der Waals surface area contributed by atoms with E-state index in [1.54, 1.807) is 6.07 Å². The normalized spacial score (nSPS) is 17.7. The maximum atomic E-state index is 13.1. The lowest BCUT2D eigenvalue weighted by molar-refractivity contribution is -0.122. The quantitative estimate of drug-likeness (QED) is 0.715. The largest absolute Gasteiger partial charge is 0.483 e. The van der Waals surface area contributed by atoms with Gasteiger partial charge in [0.05, 0.1) is 6.10 Å². The van der Waals surface area contributed by atoms with Crippen LogP contribution in [-0.4, -0.2) is 16.7 Å². The molecular formula is C10H10BrFO3. The summed E-state index contributed by atoms with van der Waals surface area (Å²) in [6.07, 6.45) is 0.779. The molecular weight excluding hydrogens is 267 g/mol. The van der Waals surface area contributed by atoms with Gasteiger partial charge in [-0.2, -0.15) is 0 Å². The van der Waals surface area contributed by atoms with E-state index in [0.29, 0.717) is 12.0 Å². The first kappa shape index (κ1) is 12.1. The number of hydrogen-bond donors (Lipinski definition) is 2. The Morgan fingerprint density at radius 2 is 2.13 bits per heavy atom. The van der Waals surface area contributed by atoms with Crippen LogP contribution in [0.4, 0.5) is 4.39 Å². The van der Waals surface area contributed by atoms with Gasteiger partial charge >= 0.3 is 0 Å². The van der Waals surface area contributed by atoms with E-state index in [0.717, 1.165) is 16.5 Å². The monoisotopic (exact) mass is 276 g/mol. The van der Waals surface area contributed by atoms with Crippen molar-refractivity contribution in [3.8, 4) is 0 Å². The summed E-state index contributed by atoms with van der Waals surface area (Å²) in [7, 11) is 0. The van der Waals surface area contributed by atoms with Crippen LogP contribution in [-0.2, 0) is 11.2 Å². The number of hydrogen-bond acceptors (Lipinski definition) is 2. The summed E-state index contributed by atoms with van der Waals surface area (Å²) in [4.78, 5) is 8.36. The molecule has 0 aliphatic heterocycles. The summed E-state index contributed by atoms with van der Waals surface area (Å²) < 4.78 is 14.0. The molecule has 15 heavy (non-hydrogen) atoms. The highest BCUT2D eigenvalue weighted by atomic mass is 79.9. The van der Waals surface area contributed by atoms with Crippen LogP contribution in [0.5, 0.6) is 0 Å². The molecule has 82 valence electrons. The van der Waals surface area contributed by atoms with Crippen LogP contribution in [0, 0.1) is 5.82 Å². The summed E-state index contributed by atoms with van der Waals surface area (Å²) in [5.74, 6) is -0.293. The smallest absolute Gasteiger partial charge is 0.290 e. The van der Waals surface area contributed by atoms with Gasteiger partial charge in [0.25, 0.3) is 6.47 Å². The fourth-order valence-electron chi connectivity index (χ4n) is 1.65. The van der Waals surface area contributed by atoms with Crippen molar-refractivity contribution in [2.45, 2.75) is 18.9 Å². The molecule has 1 atom stereocenters. The Labute approximate surface area is 94.7 Å². The Kier molecular flexibility index (Phi) is 4.23. The van der Waals surface area contributed by atoms with Gasteiger partial charge in [0.1, 0.15) is 5.82 Å². The van der Waals surface area contributed by atoms with Crippen LogP contribution in [0.2, 0.25) is 0 Å². The molecule has 1 aliphatic rings. The summed E-state index contributed by atoms with van der Waals surface area (Å²) in [6, 6.07) is 3.07. The number of rotatable bonds is 0. The molecule has 0 amide bonds. The van der Waals surface area contributed by atoms with E-state index in [1.165, 1.54) is 6.07 Å². The van der Waals surface area contributed by atoms with Gasteiger partial charge in [0.15, 0.2) is 0 Å². The standard InChI is InChI=1S/C9H8BrFO.CH2O2/c10-6-2-3-7(11)9-5(6)1-4-8(9)12;2-1-3/h2-3,8,12H,1,4H2;1H,(H,2,3)/t8-;/m0./s1. The van der Waals surface area contributed by atoms with Crippen LogP contribution in [0.1, 0.15) is 23.7 Å². The third-order valence-corrected chi connectivity index (χ3v) is 2.99. The zero-order valence-corrected chi connectivity index (χ0v) is 9.37. The number of aliphatic hydroxyl groups excluding tert-OH is 1. The molecule has 2 rings (SSSR count). The summed E-state index contributed by atoms with van der Waals surface area (Å²) in [5.41, 5.74) is 1.40. The summed E-state index contributed by atoms with van der Waals surface area (Å²) in [5, 5.41) is 16.3. The molecule has 2 N–H and O–H groups in total. The molecule has 0 heterocycles. The number of fused-ring (bicyclic) bond motifs is 1. The van der Waals surface area contributed by atoms with Gasteiger partial charge < -0.3 is 10.2 Å². The predicted molar refractivity (Wildman–Crippen MR) is 56.1 cm³/mol. The molecule has 0 bridgehead atoms. The second-order valence-electron chi connectivity index (χ2n) is 3.08. The molecule has 0 unspecified atom stereocenters. The van der Waals surface area contributed by atoms with Crippen molar-refractivity contribution in [1.82, 2.24) is 0 Å². The Morgan fingerprint density at radius 3 is 2.67 bits per heavy atom. The zero-order valence-electron chi connectivity index (χ0n) is 7.78. The number of benzene rings is 1. The van der Waals surface area contributed by atoms with Crippen molar-refractivity contribution < 1.29 is 19.4 Å². The fraction of sp³-hybridized carbons (Fsp3) is 0.300.